The molecule has 0 heterocycles. The van der Waals surface area contributed by atoms with Crippen molar-refractivity contribution in [2.45, 2.75) is 78.7 Å². The van der Waals surface area contributed by atoms with Crippen LogP contribution in [0.25, 0.3) is 0 Å². The van der Waals surface area contributed by atoms with Gasteiger partial charge < -0.3 is 5.32 Å². The van der Waals surface area contributed by atoms with Crippen molar-refractivity contribution in [3.05, 3.63) is 28.8 Å². The number of benzene rings is 1. The van der Waals surface area contributed by atoms with Gasteiger partial charge in [-0.25, -0.2) is 0 Å². The Kier molecular flexibility index (Phi) is 5.51. The van der Waals surface area contributed by atoms with Gasteiger partial charge in [-0.1, -0.05) is 50.3 Å². The minimum Gasteiger partial charge on any atom is -0.382 e. The van der Waals surface area contributed by atoms with Gasteiger partial charge in [-0.05, 0) is 57.1 Å². The minimum absolute atomic E-state index is 0.678. The molecule has 0 radical (unpaired) electrons. The molecule has 1 saturated carbocycles. The van der Waals surface area contributed by atoms with E-state index in [1.54, 1.807) is 0 Å². The monoisotopic (exact) mass is 273 g/mol. The molecule has 1 fully saturated rings. The van der Waals surface area contributed by atoms with E-state index in [0.29, 0.717) is 6.04 Å². The van der Waals surface area contributed by atoms with E-state index in [-0.39, 0.29) is 0 Å². The molecule has 112 valence electrons. The Hall–Kier alpha value is -0.980. The topological polar surface area (TPSA) is 12.0 Å². The molecule has 0 bridgehead atoms. The van der Waals surface area contributed by atoms with Crippen molar-refractivity contribution in [1.29, 1.82) is 0 Å². The Morgan fingerprint density at radius 1 is 1.00 bits per heavy atom. The van der Waals surface area contributed by atoms with Crippen molar-refractivity contribution in [3.63, 3.8) is 0 Å². The molecule has 2 atom stereocenters. The van der Waals surface area contributed by atoms with Crippen LogP contribution in [0.1, 0.15) is 68.6 Å². The Morgan fingerprint density at radius 3 is 2.35 bits per heavy atom. The van der Waals surface area contributed by atoms with Gasteiger partial charge in [0.25, 0.3) is 0 Å². The first-order valence-corrected chi connectivity index (χ1v) is 8.44. The number of nitrogens with one attached hydrogen (secondary N) is 1. The van der Waals surface area contributed by atoms with E-state index in [2.05, 4.69) is 45.1 Å². The molecule has 0 saturated heterocycles. The highest BCUT2D eigenvalue weighted by atomic mass is 14.9. The number of hydrogen-bond donors (Lipinski definition) is 1. The number of rotatable bonds is 4. The summed E-state index contributed by atoms with van der Waals surface area (Å²) in [5.74, 6) is 0.979. The second-order valence-electron chi connectivity index (χ2n) is 6.78. The Morgan fingerprint density at radius 2 is 1.70 bits per heavy atom. The van der Waals surface area contributed by atoms with Crippen molar-refractivity contribution in [3.8, 4) is 0 Å². The third kappa shape index (κ3) is 4.01. The van der Waals surface area contributed by atoms with E-state index < -0.39 is 0 Å². The summed E-state index contributed by atoms with van der Waals surface area (Å²) in [4.78, 5) is 0. The van der Waals surface area contributed by atoms with Gasteiger partial charge in [-0.15, -0.1) is 0 Å². The molecule has 0 amide bonds. The van der Waals surface area contributed by atoms with Crippen molar-refractivity contribution in [2.24, 2.45) is 5.92 Å². The van der Waals surface area contributed by atoms with Crippen LogP contribution in [0, 0.1) is 26.7 Å². The minimum atomic E-state index is 0.678. The van der Waals surface area contributed by atoms with Gasteiger partial charge in [0.15, 0.2) is 0 Å². The molecule has 2 rings (SSSR count). The van der Waals surface area contributed by atoms with Crippen LogP contribution in [0.15, 0.2) is 12.1 Å². The van der Waals surface area contributed by atoms with Crippen molar-refractivity contribution in [1.82, 2.24) is 0 Å². The molecule has 0 spiro atoms. The SMILES string of the molecule is CCCC1CCCC(Nc2c(C)cc(C)cc2C)CC1. The highest BCUT2D eigenvalue weighted by Crippen LogP contribution is 2.30. The van der Waals surface area contributed by atoms with Crippen LogP contribution in [-0.4, -0.2) is 6.04 Å². The summed E-state index contributed by atoms with van der Waals surface area (Å²) in [6.07, 6.45) is 9.71. The lowest BCUT2D eigenvalue weighted by atomic mass is 9.95. The quantitative estimate of drug-likeness (QED) is 0.686. The summed E-state index contributed by atoms with van der Waals surface area (Å²) in [7, 11) is 0. The molecule has 1 nitrogen and oxygen atoms in total. The molecule has 1 aromatic rings. The molecule has 1 heteroatoms. The van der Waals surface area contributed by atoms with Crippen LogP contribution in [0.4, 0.5) is 5.69 Å². The molecule has 1 aliphatic carbocycles. The second kappa shape index (κ2) is 7.15. The summed E-state index contributed by atoms with van der Waals surface area (Å²) in [5, 5.41) is 3.85. The molecular weight excluding hydrogens is 242 g/mol. The summed E-state index contributed by atoms with van der Waals surface area (Å²) in [5.41, 5.74) is 5.55. The molecule has 0 aliphatic heterocycles. The van der Waals surface area contributed by atoms with Crippen LogP contribution < -0.4 is 5.32 Å². The normalized spacial score (nSPS) is 23.4. The lowest BCUT2D eigenvalue weighted by molar-refractivity contribution is 0.422. The predicted octanol–water partition coefficient (Wildman–Crippen LogP) is 5.77. The summed E-state index contributed by atoms with van der Waals surface area (Å²) >= 11 is 0. The summed E-state index contributed by atoms with van der Waals surface area (Å²) in [6.45, 7) is 8.97. The lowest BCUT2D eigenvalue weighted by Gasteiger charge is -2.22. The lowest BCUT2D eigenvalue weighted by Crippen LogP contribution is -2.20. The molecular formula is C19H31N. The average molecular weight is 273 g/mol. The van der Waals surface area contributed by atoms with Gasteiger partial charge in [0, 0.05) is 11.7 Å². The van der Waals surface area contributed by atoms with Crippen LogP contribution in [0.3, 0.4) is 0 Å². The Balaban J connectivity index is 2.00. The van der Waals surface area contributed by atoms with Gasteiger partial charge in [0.1, 0.15) is 0 Å². The maximum atomic E-state index is 3.85. The highest BCUT2D eigenvalue weighted by molar-refractivity contribution is 5.58. The van der Waals surface area contributed by atoms with E-state index >= 15 is 0 Å². The van der Waals surface area contributed by atoms with Crippen LogP contribution in [-0.2, 0) is 0 Å². The Labute approximate surface area is 125 Å². The first-order valence-electron chi connectivity index (χ1n) is 8.44. The molecule has 1 aromatic carbocycles. The predicted molar refractivity (Wildman–Crippen MR) is 89.5 cm³/mol. The van der Waals surface area contributed by atoms with E-state index in [0.717, 1.165) is 5.92 Å². The molecule has 1 N–H and O–H groups in total. The number of anilines is 1. The fourth-order valence-electron chi connectivity index (χ4n) is 3.83. The summed E-state index contributed by atoms with van der Waals surface area (Å²) < 4.78 is 0. The van der Waals surface area contributed by atoms with E-state index in [1.807, 2.05) is 0 Å². The van der Waals surface area contributed by atoms with Gasteiger partial charge in [-0.3, -0.25) is 0 Å². The van der Waals surface area contributed by atoms with Gasteiger partial charge >= 0.3 is 0 Å². The van der Waals surface area contributed by atoms with Crippen LogP contribution in [0.5, 0.6) is 0 Å². The zero-order chi connectivity index (χ0) is 14.5. The second-order valence-corrected chi connectivity index (χ2v) is 6.78. The van der Waals surface area contributed by atoms with Crippen molar-refractivity contribution < 1.29 is 0 Å². The maximum absolute atomic E-state index is 3.85. The summed E-state index contributed by atoms with van der Waals surface area (Å²) in [6, 6.07) is 5.27. The standard InChI is InChI=1S/C19H31N/c1-5-7-17-8-6-9-18(11-10-17)20-19-15(3)12-14(2)13-16(19)4/h12-13,17-18,20H,5-11H2,1-4H3. The fraction of sp³-hybridized carbons (Fsp3) is 0.684. The highest BCUT2D eigenvalue weighted by Gasteiger charge is 2.19. The van der Waals surface area contributed by atoms with E-state index in [9.17, 15) is 0 Å². The van der Waals surface area contributed by atoms with Crippen molar-refractivity contribution >= 4 is 5.69 Å². The van der Waals surface area contributed by atoms with E-state index in [4.69, 9.17) is 0 Å². The van der Waals surface area contributed by atoms with Crippen LogP contribution in [0.2, 0.25) is 0 Å². The third-order valence-electron chi connectivity index (χ3n) is 4.81. The Bertz CT molecular complexity index is 412. The zero-order valence-electron chi connectivity index (χ0n) is 13.8. The number of aryl methyl sites for hydroxylation is 3. The maximum Gasteiger partial charge on any atom is 0.0401 e. The first-order chi connectivity index (χ1) is 9.60. The fourth-order valence-corrected chi connectivity index (χ4v) is 3.83. The van der Waals surface area contributed by atoms with Crippen molar-refractivity contribution in [2.75, 3.05) is 5.32 Å². The van der Waals surface area contributed by atoms with Crippen LogP contribution >= 0.6 is 0 Å². The average Bonchev–Trinajstić information content (AvgIpc) is 2.60. The smallest absolute Gasteiger partial charge is 0.0401 e. The number of hydrogen-bond acceptors (Lipinski definition) is 1. The largest absolute Gasteiger partial charge is 0.382 e. The van der Waals surface area contributed by atoms with E-state index in [1.165, 1.54) is 67.3 Å². The molecule has 0 aromatic heterocycles. The first kappa shape index (κ1) is 15.4. The van der Waals surface area contributed by atoms with Gasteiger partial charge in [-0.2, -0.15) is 0 Å². The third-order valence-corrected chi connectivity index (χ3v) is 4.81. The zero-order valence-corrected chi connectivity index (χ0v) is 13.8. The molecule has 2 unspecified atom stereocenters. The van der Waals surface area contributed by atoms with Gasteiger partial charge in [0.05, 0.1) is 0 Å². The van der Waals surface area contributed by atoms with Gasteiger partial charge in [0.2, 0.25) is 0 Å². The molecule has 1 aliphatic rings. The molecule has 20 heavy (non-hydrogen) atoms.